The van der Waals surface area contributed by atoms with Gasteiger partial charge in [-0.15, -0.1) is 0 Å². The minimum atomic E-state index is -0.471. The molecule has 2 aromatic carbocycles. The standard InChI is InChI=1S/C24H25N3O5/c1-2-3-16-32-24(30)18-9-11-19(12-10-18)25-23(29)21-13-14-22(28)27(26-21)15-17-31-20-7-5-4-6-8-20/h4-14H,2-3,15-17H2,1H3,(H,25,29). The first-order valence-electron chi connectivity index (χ1n) is 10.4. The first-order chi connectivity index (χ1) is 15.6. The lowest BCUT2D eigenvalue weighted by atomic mass is 10.2. The van der Waals surface area contributed by atoms with E-state index in [9.17, 15) is 14.4 Å². The van der Waals surface area contributed by atoms with E-state index in [4.69, 9.17) is 9.47 Å². The Hall–Kier alpha value is -3.94. The first-order valence-corrected chi connectivity index (χ1v) is 10.4. The van der Waals surface area contributed by atoms with Crippen LogP contribution in [0.2, 0.25) is 0 Å². The highest BCUT2D eigenvalue weighted by atomic mass is 16.5. The maximum atomic E-state index is 12.6. The van der Waals surface area contributed by atoms with Gasteiger partial charge in [0.15, 0.2) is 0 Å². The van der Waals surface area contributed by atoms with Crippen LogP contribution in [-0.2, 0) is 11.3 Å². The highest BCUT2D eigenvalue weighted by Crippen LogP contribution is 2.12. The fourth-order valence-electron chi connectivity index (χ4n) is 2.77. The van der Waals surface area contributed by atoms with Crippen LogP contribution < -0.4 is 15.6 Å². The molecule has 8 heteroatoms. The minimum absolute atomic E-state index is 0.0902. The quantitative estimate of drug-likeness (QED) is 0.386. The van der Waals surface area contributed by atoms with Crippen LogP contribution in [0.4, 0.5) is 5.69 Å². The van der Waals surface area contributed by atoms with Gasteiger partial charge in [-0.05, 0) is 48.9 Å². The number of esters is 1. The molecule has 1 N–H and O–H groups in total. The van der Waals surface area contributed by atoms with Crippen molar-refractivity contribution in [3.8, 4) is 5.75 Å². The highest BCUT2D eigenvalue weighted by molar-refractivity contribution is 6.03. The number of unbranched alkanes of at least 4 members (excludes halogenated alkanes) is 1. The van der Waals surface area contributed by atoms with Crippen LogP contribution >= 0.6 is 0 Å². The van der Waals surface area contributed by atoms with Crippen LogP contribution in [-0.4, -0.2) is 34.9 Å². The molecule has 1 aromatic heterocycles. The van der Waals surface area contributed by atoms with Crippen molar-refractivity contribution in [2.45, 2.75) is 26.3 Å². The van der Waals surface area contributed by atoms with Gasteiger partial charge in [0.2, 0.25) is 0 Å². The Bertz CT molecular complexity index is 1090. The zero-order valence-electron chi connectivity index (χ0n) is 17.8. The summed E-state index contributed by atoms with van der Waals surface area (Å²) < 4.78 is 11.9. The van der Waals surface area contributed by atoms with E-state index in [-0.39, 0.29) is 24.4 Å². The molecule has 0 spiro atoms. The first kappa shape index (κ1) is 22.7. The predicted octanol–water partition coefficient (Wildman–Crippen LogP) is 3.53. The zero-order chi connectivity index (χ0) is 22.8. The molecule has 0 bridgehead atoms. The molecule has 0 unspecified atom stereocenters. The Morgan fingerprint density at radius 3 is 2.44 bits per heavy atom. The van der Waals surface area contributed by atoms with Gasteiger partial charge < -0.3 is 14.8 Å². The third-order valence-corrected chi connectivity index (χ3v) is 4.52. The van der Waals surface area contributed by atoms with E-state index in [0.29, 0.717) is 23.6 Å². The molecule has 1 amide bonds. The second-order valence-corrected chi connectivity index (χ2v) is 6.96. The number of amides is 1. The van der Waals surface area contributed by atoms with Crippen molar-refractivity contribution in [3.63, 3.8) is 0 Å². The van der Waals surface area contributed by atoms with Crippen molar-refractivity contribution in [3.05, 3.63) is 88.3 Å². The summed E-state index contributed by atoms with van der Waals surface area (Å²) in [6, 6.07) is 18.3. The molecule has 0 fully saturated rings. The number of nitrogens with one attached hydrogen (secondary N) is 1. The zero-order valence-corrected chi connectivity index (χ0v) is 17.8. The molecule has 0 atom stereocenters. The third kappa shape index (κ3) is 6.53. The predicted molar refractivity (Wildman–Crippen MR) is 120 cm³/mol. The van der Waals surface area contributed by atoms with Crippen molar-refractivity contribution < 1.29 is 19.1 Å². The molecule has 1 heterocycles. The lowest BCUT2D eigenvalue weighted by Gasteiger charge is -2.09. The summed E-state index contributed by atoms with van der Waals surface area (Å²) in [5, 5.41) is 6.83. The molecule has 0 saturated heterocycles. The number of aromatic nitrogens is 2. The summed E-state index contributed by atoms with van der Waals surface area (Å²) in [4.78, 5) is 36.6. The Morgan fingerprint density at radius 1 is 0.969 bits per heavy atom. The second-order valence-electron chi connectivity index (χ2n) is 6.96. The highest BCUT2D eigenvalue weighted by Gasteiger charge is 2.12. The fourth-order valence-corrected chi connectivity index (χ4v) is 2.77. The van der Waals surface area contributed by atoms with Gasteiger partial charge >= 0.3 is 5.97 Å². The van der Waals surface area contributed by atoms with Gasteiger partial charge in [0.25, 0.3) is 11.5 Å². The SMILES string of the molecule is CCCCOC(=O)c1ccc(NC(=O)c2ccc(=O)n(CCOc3ccccc3)n2)cc1. The Balaban J connectivity index is 1.58. The maximum Gasteiger partial charge on any atom is 0.338 e. The molecular weight excluding hydrogens is 410 g/mol. The van der Waals surface area contributed by atoms with Crippen LogP contribution in [0.15, 0.2) is 71.5 Å². The lowest BCUT2D eigenvalue weighted by Crippen LogP contribution is -2.28. The Kier molecular flexibility index (Phi) is 8.14. The number of carbonyl (C=O) groups excluding carboxylic acids is 2. The lowest BCUT2D eigenvalue weighted by molar-refractivity contribution is 0.0499. The van der Waals surface area contributed by atoms with Crippen LogP contribution in [0, 0.1) is 0 Å². The molecule has 0 aliphatic rings. The van der Waals surface area contributed by atoms with Gasteiger partial charge in [-0.1, -0.05) is 31.5 Å². The van der Waals surface area contributed by atoms with E-state index in [0.717, 1.165) is 12.8 Å². The summed E-state index contributed by atoms with van der Waals surface area (Å²) in [6.45, 7) is 2.83. The van der Waals surface area contributed by atoms with Gasteiger partial charge in [-0.25, -0.2) is 9.48 Å². The number of rotatable bonds is 10. The van der Waals surface area contributed by atoms with Crippen molar-refractivity contribution >= 4 is 17.6 Å². The smallest absolute Gasteiger partial charge is 0.338 e. The number of nitrogens with zero attached hydrogens (tertiary/aromatic N) is 2. The number of carbonyl (C=O) groups is 2. The molecule has 32 heavy (non-hydrogen) atoms. The van der Waals surface area contributed by atoms with Gasteiger partial charge in [-0.3, -0.25) is 9.59 Å². The van der Waals surface area contributed by atoms with Crippen LogP contribution in [0.5, 0.6) is 5.75 Å². The monoisotopic (exact) mass is 435 g/mol. The summed E-state index contributed by atoms with van der Waals surface area (Å²) in [5.74, 6) is -0.184. The van der Waals surface area contributed by atoms with E-state index in [1.54, 1.807) is 24.3 Å². The van der Waals surface area contributed by atoms with Crippen molar-refractivity contribution in [1.29, 1.82) is 0 Å². The number of hydrogen-bond donors (Lipinski definition) is 1. The number of para-hydroxylation sites is 1. The Morgan fingerprint density at radius 2 is 1.72 bits per heavy atom. The topological polar surface area (TPSA) is 99.5 Å². The molecule has 166 valence electrons. The molecular formula is C24H25N3O5. The number of benzene rings is 2. The van der Waals surface area contributed by atoms with Crippen molar-refractivity contribution in [2.24, 2.45) is 0 Å². The normalized spacial score (nSPS) is 10.4. The third-order valence-electron chi connectivity index (χ3n) is 4.52. The summed E-state index contributed by atoms with van der Waals surface area (Å²) in [5.41, 5.74) is 0.660. The number of anilines is 1. The van der Waals surface area contributed by atoms with Gasteiger partial charge in [0.05, 0.1) is 18.7 Å². The molecule has 8 nitrogen and oxygen atoms in total. The van der Waals surface area contributed by atoms with Gasteiger partial charge in [0, 0.05) is 11.8 Å². The van der Waals surface area contributed by atoms with Crippen molar-refractivity contribution in [1.82, 2.24) is 9.78 Å². The van der Waals surface area contributed by atoms with Gasteiger partial charge in [-0.2, -0.15) is 5.10 Å². The van der Waals surface area contributed by atoms with Crippen LogP contribution in [0.25, 0.3) is 0 Å². The van der Waals surface area contributed by atoms with Crippen LogP contribution in [0.1, 0.15) is 40.6 Å². The van der Waals surface area contributed by atoms with E-state index < -0.39 is 11.9 Å². The maximum absolute atomic E-state index is 12.6. The second kappa shape index (κ2) is 11.5. The summed E-state index contributed by atoms with van der Waals surface area (Å²) >= 11 is 0. The van der Waals surface area contributed by atoms with E-state index in [1.165, 1.54) is 16.8 Å². The molecule has 0 radical (unpaired) electrons. The molecule has 3 aromatic rings. The van der Waals surface area contributed by atoms with Crippen LogP contribution in [0.3, 0.4) is 0 Å². The molecule has 0 saturated carbocycles. The molecule has 0 aliphatic heterocycles. The number of ether oxygens (including phenoxy) is 2. The minimum Gasteiger partial charge on any atom is -0.492 e. The summed E-state index contributed by atoms with van der Waals surface area (Å²) in [6.07, 6.45) is 1.76. The average Bonchev–Trinajstić information content (AvgIpc) is 2.81. The molecule has 3 rings (SSSR count). The van der Waals surface area contributed by atoms with E-state index >= 15 is 0 Å². The number of hydrogen-bond acceptors (Lipinski definition) is 6. The molecule has 0 aliphatic carbocycles. The average molecular weight is 435 g/mol. The Labute approximate surface area is 185 Å². The van der Waals surface area contributed by atoms with Crippen molar-refractivity contribution in [2.75, 3.05) is 18.5 Å². The fraction of sp³-hybridized carbons (Fsp3) is 0.250. The van der Waals surface area contributed by atoms with E-state index in [2.05, 4.69) is 10.4 Å². The summed E-state index contributed by atoms with van der Waals surface area (Å²) in [7, 11) is 0. The van der Waals surface area contributed by atoms with Gasteiger partial charge in [0.1, 0.15) is 18.1 Å². The van der Waals surface area contributed by atoms with E-state index in [1.807, 2.05) is 37.3 Å². The largest absolute Gasteiger partial charge is 0.492 e.